The number of benzene rings is 3. The molecule has 4 rings (SSSR count). The zero-order valence-corrected chi connectivity index (χ0v) is 19.3. The van der Waals surface area contributed by atoms with Crippen molar-refractivity contribution in [2.45, 2.75) is 19.0 Å². The van der Waals surface area contributed by atoms with Gasteiger partial charge in [-0.2, -0.15) is 0 Å². The number of carbonyl (C=O) groups excluding carboxylic acids is 3. The van der Waals surface area contributed by atoms with Gasteiger partial charge in [0, 0.05) is 31.7 Å². The number of imide groups is 1. The molecular weight excluding hydrogens is 430 g/mol. The summed E-state index contributed by atoms with van der Waals surface area (Å²) in [7, 11) is 3.90. The van der Waals surface area contributed by atoms with Crippen LogP contribution in [0.5, 0.6) is 0 Å². The summed E-state index contributed by atoms with van der Waals surface area (Å²) in [6.07, 6.45) is 1.24. The highest BCUT2D eigenvalue weighted by Crippen LogP contribution is 2.33. The highest BCUT2D eigenvalue weighted by atomic mass is 16.5. The maximum absolute atomic E-state index is 13.6. The molecule has 0 bridgehead atoms. The molecule has 1 aliphatic rings. The molecule has 1 saturated heterocycles. The van der Waals surface area contributed by atoms with Gasteiger partial charge in [-0.15, -0.1) is 0 Å². The van der Waals surface area contributed by atoms with E-state index in [-0.39, 0.29) is 19.6 Å². The Morgan fingerprint density at radius 3 is 2.44 bits per heavy atom. The lowest BCUT2D eigenvalue weighted by molar-refractivity contribution is -0.145. The first-order valence-corrected chi connectivity index (χ1v) is 11.1. The molecule has 0 spiro atoms. The van der Waals surface area contributed by atoms with Crippen LogP contribution in [0.3, 0.4) is 0 Å². The second kappa shape index (κ2) is 9.79. The van der Waals surface area contributed by atoms with Gasteiger partial charge < -0.3 is 14.5 Å². The average molecular weight is 458 g/mol. The van der Waals surface area contributed by atoms with E-state index < -0.39 is 23.9 Å². The molecule has 1 atom stereocenters. The molecule has 7 nitrogen and oxygen atoms in total. The fourth-order valence-electron chi connectivity index (χ4n) is 4.10. The molecule has 1 aliphatic heterocycles. The van der Waals surface area contributed by atoms with Crippen LogP contribution in [-0.4, -0.2) is 49.6 Å². The normalized spacial score (nSPS) is 15.6. The van der Waals surface area contributed by atoms with E-state index in [9.17, 15) is 14.4 Å². The first-order valence-electron chi connectivity index (χ1n) is 11.1. The van der Waals surface area contributed by atoms with Crippen LogP contribution in [0.25, 0.3) is 10.8 Å². The van der Waals surface area contributed by atoms with Crippen molar-refractivity contribution < 1.29 is 19.1 Å². The minimum Gasteiger partial charge on any atom is -0.461 e. The van der Waals surface area contributed by atoms with Gasteiger partial charge in [0.2, 0.25) is 0 Å². The number of anilines is 2. The summed E-state index contributed by atoms with van der Waals surface area (Å²) in [6, 6.07) is 19.4. The van der Waals surface area contributed by atoms with Gasteiger partial charge in [-0.1, -0.05) is 61.2 Å². The minimum atomic E-state index is -0.961. The van der Waals surface area contributed by atoms with E-state index in [0.717, 1.165) is 22.0 Å². The fourth-order valence-corrected chi connectivity index (χ4v) is 4.10. The lowest BCUT2D eigenvalue weighted by atomic mass is 10.1. The summed E-state index contributed by atoms with van der Waals surface area (Å²) >= 11 is 0. The number of urea groups is 1. The number of hydrogen-bond donors (Lipinski definition) is 0. The number of hydrogen-bond acceptors (Lipinski definition) is 5. The quantitative estimate of drug-likeness (QED) is 0.286. The van der Waals surface area contributed by atoms with Gasteiger partial charge in [-0.25, -0.2) is 9.69 Å². The summed E-state index contributed by atoms with van der Waals surface area (Å²) in [5.41, 5.74) is 2.38. The third-order valence-corrected chi connectivity index (χ3v) is 5.85. The van der Waals surface area contributed by atoms with Crippen molar-refractivity contribution in [1.82, 2.24) is 4.90 Å². The van der Waals surface area contributed by atoms with Gasteiger partial charge in [-0.05, 0) is 29.1 Å². The molecule has 7 heteroatoms. The highest BCUT2D eigenvalue weighted by molar-refractivity contribution is 6.24. The van der Waals surface area contributed by atoms with Gasteiger partial charge >= 0.3 is 12.0 Å². The van der Waals surface area contributed by atoms with E-state index in [2.05, 4.69) is 6.58 Å². The third-order valence-electron chi connectivity index (χ3n) is 5.85. The molecule has 1 heterocycles. The van der Waals surface area contributed by atoms with Crippen LogP contribution in [0.2, 0.25) is 0 Å². The van der Waals surface area contributed by atoms with E-state index in [1.807, 2.05) is 79.7 Å². The van der Waals surface area contributed by atoms with Crippen molar-refractivity contribution in [3.63, 3.8) is 0 Å². The number of esters is 1. The fraction of sp³-hybridized carbons (Fsp3) is 0.222. The van der Waals surface area contributed by atoms with Crippen LogP contribution in [0.15, 0.2) is 79.4 Å². The number of nitrogens with zero attached hydrogens (tertiary/aromatic N) is 3. The monoisotopic (exact) mass is 457 g/mol. The van der Waals surface area contributed by atoms with Gasteiger partial charge in [0.1, 0.15) is 12.6 Å². The van der Waals surface area contributed by atoms with Crippen molar-refractivity contribution in [3.8, 4) is 0 Å². The van der Waals surface area contributed by atoms with Crippen LogP contribution in [-0.2, 0) is 20.9 Å². The predicted molar refractivity (Wildman–Crippen MR) is 133 cm³/mol. The Morgan fingerprint density at radius 1 is 1.03 bits per heavy atom. The van der Waals surface area contributed by atoms with Gasteiger partial charge in [0.25, 0.3) is 5.91 Å². The number of fused-ring (bicyclic) bond motifs is 1. The van der Waals surface area contributed by atoms with Crippen LogP contribution in [0.1, 0.15) is 12.0 Å². The Labute approximate surface area is 198 Å². The summed E-state index contributed by atoms with van der Waals surface area (Å²) in [5.74, 6) is -0.999. The molecular formula is C27H27N3O4. The van der Waals surface area contributed by atoms with E-state index in [4.69, 9.17) is 4.74 Å². The van der Waals surface area contributed by atoms with Gasteiger partial charge in [0.05, 0.1) is 12.1 Å². The van der Waals surface area contributed by atoms with Crippen LogP contribution in [0, 0.1) is 0 Å². The maximum atomic E-state index is 13.6. The lowest BCUT2D eigenvalue weighted by Gasteiger charge is -2.22. The van der Waals surface area contributed by atoms with Crippen LogP contribution < -0.4 is 9.80 Å². The molecule has 1 unspecified atom stereocenters. The second-order valence-electron chi connectivity index (χ2n) is 8.33. The first kappa shape index (κ1) is 23.0. The molecule has 1 fully saturated rings. The van der Waals surface area contributed by atoms with E-state index >= 15 is 0 Å². The van der Waals surface area contributed by atoms with Crippen molar-refractivity contribution in [2.24, 2.45) is 0 Å². The number of carbonyl (C=O) groups is 3. The Hall–Kier alpha value is -4.13. The maximum Gasteiger partial charge on any atom is 0.332 e. The molecule has 174 valence electrons. The molecule has 0 N–H and O–H groups in total. The topological polar surface area (TPSA) is 70.2 Å². The van der Waals surface area contributed by atoms with Gasteiger partial charge in [0.15, 0.2) is 0 Å². The largest absolute Gasteiger partial charge is 0.461 e. The SMILES string of the molecule is C=CCOC(=O)CC1C(=O)N(c2cccc3ccccc23)C(=O)N1Cc1ccc(N(C)C)cc1. The molecule has 34 heavy (non-hydrogen) atoms. The standard InChI is InChI=1S/C27H27N3O4/c1-4-16-34-25(31)17-24-26(32)30(23-11-7-9-20-8-5-6-10-22(20)23)27(33)29(24)18-19-12-14-21(15-13-19)28(2)3/h4-15,24H,1,16-18H2,2-3H3. The molecule has 3 aromatic carbocycles. The summed E-state index contributed by atoms with van der Waals surface area (Å²) in [4.78, 5) is 44.2. The Kier molecular flexibility index (Phi) is 6.63. The summed E-state index contributed by atoms with van der Waals surface area (Å²) in [5, 5.41) is 1.71. The van der Waals surface area contributed by atoms with Crippen molar-refractivity contribution in [1.29, 1.82) is 0 Å². The third kappa shape index (κ3) is 4.50. The number of rotatable bonds is 8. The van der Waals surface area contributed by atoms with E-state index in [1.54, 1.807) is 6.07 Å². The van der Waals surface area contributed by atoms with E-state index in [0.29, 0.717) is 5.69 Å². The molecule has 0 saturated carbocycles. The highest BCUT2D eigenvalue weighted by Gasteiger charge is 2.47. The van der Waals surface area contributed by atoms with Crippen molar-refractivity contribution >= 4 is 40.1 Å². The van der Waals surface area contributed by atoms with Crippen LogP contribution in [0.4, 0.5) is 16.2 Å². The summed E-state index contributed by atoms with van der Waals surface area (Å²) in [6.45, 7) is 3.78. The number of ether oxygens (including phenoxy) is 1. The molecule has 0 aromatic heterocycles. The van der Waals surface area contributed by atoms with Crippen LogP contribution >= 0.6 is 0 Å². The number of amides is 3. The molecule has 0 radical (unpaired) electrons. The zero-order valence-electron chi connectivity index (χ0n) is 19.3. The zero-order chi connectivity index (χ0) is 24.2. The smallest absolute Gasteiger partial charge is 0.332 e. The first-order chi connectivity index (χ1) is 16.4. The molecule has 3 amide bonds. The second-order valence-corrected chi connectivity index (χ2v) is 8.33. The lowest BCUT2D eigenvalue weighted by Crippen LogP contribution is -2.36. The average Bonchev–Trinajstić information content (AvgIpc) is 3.06. The Morgan fingerprint density at radius 2 is 1.74 bits per heavy atom. The summed E-state index contributed by atoms with van der Waals surface area (Å²) < 4.78 is 5.12. The van der Waals surface area contributed by atoms with Gasteiger partial charge in [-0.3, -0.25) is 9.59 Å². The Balaban J connectivity index is 1.69. The predicted octanol–water partition coefficient (Wildman–Crippen LogP) is 4.36. The van der Waals surface area contributed by atoms with E-state index in [1.165, 1.54) is 15.9 Å². The Bertz CT molecular complexity index is 1230. The molecule has 0 aliphatic carbocycles. The minimum absolute atomic E-state index is 0.0483. The molecule has 3 aromatic rings. The van der Waals surface area contributed by atoms with Crippen molar-refractivity contribution in [3.05, 3.63) is 84.9 Å². The van der Waals surface area contributed by atoms with Crippen molar-refractivity contribution in [2.75, 3.05) is 30.5 Å².